The van der Waals surface area contributed by atoms with E-state index in [1.165, 1.54) is 5.69 Å². The van der Waals surface area contributed by atoms with E-state index >= 15 is 0 Å². The van der Waals surface area contributed by atoms with Crippen molar-refractivity contribution >= 4 is 23.1 Å². The van der Waals surface area contributed by atoms with Crippen LogP contribution in [0.15, 0.2) is 48.8 Å². The van der Waals surface area contributed by atoms with Gasteiger partial charge in [0.25, 0.3) is 0 Å². The van der Waals surface area contributed by atoms with Gasteiger partial charge in [0.1, 0.15) is 12.1 Å². The van der Waals surface area contributed by atoms with Crippen molar-refractivity contribution in [2.24, 2.45) is 5.92 Å². The molecule has 0 radical (unpaired) electrons. The number of aromatic nitrogens is 4. The third-order valence-corrected chi connectivity index (χ3v) is 5.50. The molecule has 0 saturated carbocycles. The number of piperidine rings is 1. The van der Waals surface area contributed by atoms with Crippen LogP contribution in [0.2, 0.25) is 0 Å². The number of fused-ring (bicyclic) bond motifs is 1. The average molecular weight is 393 g/mol. The fourth-order valence-corrected chi connectivity index (χ4v) is 3.74. The normalized spacial score (nSPS) is 14.9. The molecule has 3 aromatic rings. The van der Waals surface area contributed by atoms with Crippen molar-refractivity contribution < 1.29 is 4.79 Å². The van der Waals surface area contributed by atoms with Gasteiger partial charge in [-0.25, -0.2) is 0 Å². The third kappa shape index (κ3) is 4.64. The number of anilines is 2. The van der Waals surface area contributed by atoms with Crippen LogP contribution in [0.25, 0.3) is 5.65 Å². The summed E-state index contributed by atoms with van der Waals surface area (Å²) in [5.41, 5.74) is 1.94. The Morgan fingerprint density at radius 3 is 2.76 bits per heavy atom. The lowest BCUT2D eigenvalue weighted by atomic mass is 9.96. The third-order valence-electron chi connectivity index (χ3n) is 5.50. The highest BCUT2D eigenvalue weighted by Crippen LogP contribution is 2.22. The Morgan fingerprint density at radius 1 is 1.17 bits per heavy atom. The smallest absolute Gasteiger partial charge is 0.223 e. The molecule has 1 amide bonds. The van der Waals surface area contributed by atoms with E-state index < -0.39 is 0 Å². The number of nitrogens with zero attached hydrogens (tertiary/aromatic N) is 6. The van der Waals surface area contributed by atoms with Gasteiger partial charge in [0, 0.05) is 44.8 Å². The molecule has 0 unspecified atom stereocenters. The summed E-state index contributed by atoms with van der Waals surface area (Å²) in [6, 6.07) is 14.2. The molecule has 4 rings (SSSR count). The summed E-state index contributed by atoms with van der Waals surface area (Å²) in [4.78, 5) is 16.9. The van der Waals surface area contributed by atoms with Gasteiger partial charge in [-0.15, -0.1) is 15.3 Å². The van der Waals surface area contributed by atoms with E-state index in [1.54, 1.807) is 10.8 Å². The number of nitrogens with one attached hydrogen (secondary N) is 1. The lowest BCUT2D eigenvalue weighted by Crippen LogP contribution is -2.41. The summed E-state index contributed by atoms with van der Waals surface area (Å²) in [6.07, 6.45) is 4.22. The Balaban J connectivity index is 1.19. The number of rotatable bonds is 7. The Hall–Kier alpha value is -3.16. The minimum absolute atomic E-state index is 0.0803. The average Bonchev–Trinajstić information content (AvgIpc) is 3.25. The van der Waals surface area contributed by atoms with Crippen LogP contribution < -0.4 is 15.1 Å². The number of hydrogen-bond donors (Lipinski definition) is 1. The van der Waals surface area contributed by atoms with Crippen molar-refractivity contribution in [3.8, 4) is 0 Å². The summed E-state index contributed by atoms with van der Waals surface area (Å²) < 4.78 is 1.68. The summed E-state index contributed by atoms with van der Waals surface area (Å²) in [7, 11) is 2.08. The van der Waals surface area contributed by atoms with Gasteiger partial charge in [-0.1, -0.05) is 18.2 Å². The van der Waals surface area contributed by atoms with Crippen molar-refractivity contribution in [3.63, 3.8) is 0 Å². The first kappa shape index (κ1) is 19.2. The van der Waals surface area contributed by atoms with Crippen LogP contribution in [-0.4, -0.2) is 58.9 Å². The summed E-state index contributed by atoms with van der Waals surface area (Å²) in [6.45, 7) is 3.28. The number of carbonyl (C=O) groups excluding carboxylic acids is 1. The molecular formula is C21H27N7O. The molecule has 1 saturated heterocycles. The van der Waals surface area contributed by atoms with E-state index in [1.807, 2.05) is 30.3 Å². The molecule has 152 valence electrons. The van der Waals surface area contributed by atoms with Gasteiger partial charge < -0.3 is 15.1 Å². The molecule has 1 aromatic carbocycles. The molecule has 0 atom stereocenters. The first-order chi connectivity index (χ1) is 14.2. The van der Waals surface area contributed by atoms with Gasteiger partial charge in [0.05, 0.1) is 0 Å². The van der Waals surface area contributed by atoms with Crippen LogP contribution in [0, 0.1) is 5.92 Å². The van der Waals surface area contributed by atoms with Gasteiger partial charge in [-0.2, -0.15) is 4.52 Å². The minimum Gasteiger partial charge on any atom is -0.375 e. The highest BCUT2D eigenvalue weighted by molar-refractivity contribution is 5.78. The molecule has 0 spiro atoms. The molecule has 1 N–H and O–H groups in total. The quantitative estimate of drug-likeness (QED) is 0.619. The van der Waals surface area contributed by atoms with E-state index in [9.17, 15) is 4.79 Å². The molecular weight excluding hydrogens is 366 g/mol. The molecule has 29 heavy (non-hydrogen) atoms. The second-order valence-electron chi connectivity index (χ2n) is 7.49. The second-order valence-corrected chi connectivity index (χ2v) is 7.49. The lowest BCUT2D eigenvalue weighted by Gasteiger charge is -2.32. The topological polar surface area (TPSA) is 78.7 Å². The van der Waals surface area contributed by atoms with Crippen molar-refractivity contribution in [1.29, 1.82) is 0 Å². The molecule has 1 aliphatic heterocycles. The maximum Gasteiger partial charge on any atom is 0.223 e. The van der Waals surface area contributed by atoms with Crippen LogP contribution in [-0.2, 0) is 4.79 Å². The molecule has 1 fully saturated rings. The van der Waals surface area contributed by atoms with Gasteiger partial charge in [-0.05, 0) is 43.5 Å². The van der Waals surface area contributed by atoms with Gasteiger partial charge in [0.2, 0.25) is 5.91 Å². The number of amides is 1. The monoisotopic (exact) mass is 393 g/mol. The largest absolute Gasteiger partial charge is 0.375 e. The number of carbonyl (C=O) groups is 1. The van der Waals surface area contributed by atoms with E-state index in [0.29, 0.717) is 6.54 Å². The SMILES string of the molecule is CN(CCCNC(=O)C1CCN(c2ccc3nncn3n2)CC1)c1ccccc1. The van der Waals surface area contributed by atoms with Crippen LogP contribution in [0.1, 0.15) is 19.3 Å². The van der Waals surface area contributed by atoms with E-state index in [0.717, 1.165) is 50.4 Å². The number of benzene rings is 1. The summed E-state index contributed by atoms with van der Waals surface area (Å²) in [5, 5.41) is 15.5. The van der Waals surface area contributed by atoms with Gasteiger partial charge >= 0.3 is 0 Å². The molecule has 2 aromatic heterocycles. The molecule has 8 heteroatoms. The van der Waals surface area contributed by atoms with E-state index in [2.05, 4.69) is 49.6 Å². The van der Waals surface area contributed by atoms with Crippen molar-refractivity contribution in [2.45, 2.75) is 19.3 Å². The maximum absolute atomic E-state index is 12.5. The Labute approximate surface area is 170 Å². The van der Waals surface area contributed by atoms with Gasteiger partial charge in [0.15, 0.2) is 5.65 Å². The minimum atomic E-state index is 0.0803. The first-order valence-corrected chi connectivity index (χ1v) is 10.2. The highest BCUT2D eigenvalue weighted by atomic mass is 16.1. The first-order valence-electron chi connectivity index (χ1n) is 10.2. The van der Waals surface area contributed by atoms with Crippen LogP contribution >= 0.6 is 0 Å². The van der Waals surface area contributed by atoms with E-state index in [-0.39, 0.29) is 11.8 Å². The standard InChI is InChI=1S/C21H27N7O/c1-26(18-6-3-2-4-7-18)13-5-12-22-21(29)17-10-14-27(15-11-17)20-9-8-19-24-23-16-28(19)25-20/h2-4,6-9,16-17H,5,10-15H2,1H3,(H,22,29). The van der Waals surface area contributed by atoms with Crippen molar-refractivity contribution in [1.82, 2.24) is 25.1 Å². The lowest BCUT2D eigenvalue weighted by molar-refractivity contribution is -0.125. The molecule has 0 aliphatic carbocycles. The Bertz CT molecular complexity index is 934. The number of para-hydroxylation sites is 1. The number of hydrogen-bond acceptors (Lipinski definition) is 6. The summed E-state index contributed by atoms with van der Waals surface area (Å²) in [5.74, 6) is 1.16. The fourth-order valence-electron chi connectivity index (χ4n) is 3.74. The molecule has 3 heterocycles. The van der Waals surface area contributed by atoms with Crippen LogP contribution in [0.4, 0.5) is 11.5 Å². The highest BCUT2D eigenvalue weighted by Gasteiger charge is 2.25. The Morgan fingerprint density at radius 2 is 1.97 bits per heavy atom. The fraction of sp³-hybridized carbons (Fsp3) is 0.429. The zero-order valence-electron chi connectivity index (χ0n) is 16.7. The Kier molecular flexibility index (Phi) is 5.88. The van der Waals surface area contributed by atoms with E-state index in [4.69, 9.17) is 0 Å². The van der Waals surface area contributed by atoms with Crippen molar-refractivity contribution in [2.75, 3.05) is 43.0 Å². The van der Waals surface area contributed by atoms with Crippen molar-refractivity contribution in [3.05, 3.63) is 48.8 Å². The second kappa shape index (κ2) is 8.89. The molecule has 0 bridgehead atoms. The molecule has 1 aliphatic rings. The zero-order valence-corrected chi connectivity index (χ0v) is 16.7. The maximum atomic E-state index is 12.5. The summed E-state index contributed by atoms with van der Waals surface area (Å²) >= 11 is 0. The zero-order chi connectivity index (χ0) is 20.1. The van der Waals surface area contributed by atoms with Crippen LogP contribution in [0.5, 0.6) is 0 Å². The molecule has 8 nitrogen and oxygen atoms in total. The van der Waals surface area contributed by atoms with Gasteiger partial charge in [-0.3, -0.25) is 4.79 Å². The van der Waals surface area contributed by atoms with Crippen LogP contribution in [0.3, 0.4) is 0 Å². The predicted molar refractivity (Wildman–Crippen MR) is 113 cm³/mol. The predicted octanol–water partition coefficient (Wildman–Crippen LogP) is 1.98.